The third-order valence-corrected chi connectivity index (χ3v) is 4.74. The molecule has 1 aromatic carbocycles. The molecule has 1 heterocycles. The van der Waals surface area contributed by atoms with E-state index >= 15 is 0 Å². The first-order chi connectivity index (χ1) is 9.02. The molecule has 0 fully saturated rings. The molecule has 3 nitrogen and oxygen atoms in total. The number of rotatable bonds is 5. The highest BCUT2D eigenvalue weighted by Gasteiger charge is 2.14. The number of carbonyl (C=O) groups is 1. The maximum atomic E-state index is 10.4. The Balaban J connectivity index is 2.43. The van der Waals surface area contributed by atoms with Crippen molar-refractivity contribution in [2.24, 2.45) is 0 Å². The first kappa shape index (κ1) is 14.4. The minimum atomic E-state index is -1.30. The number of fused-ring (bicyclic) bond motifs is 1. The summed E-state index contributed by atoms with van der Waals surface area (Å²) in [6, 6.07) is 3.74. The van der Waals surface area contributed by atoms with Gasteiger partial charge < -0.3 is 14.6 Å². The van der Waals surface area contributed by atoms with Gasteiger partial charge in [-0.3, -0.25) is 0 Å². The van der Waals surface area contributed by atoms with Crippen LogP contribution in [0.2, 0.25) is 10.0 Å². The van der Waals surface area contributed by atoms with E-state index < -0.39 is 12.6 Å². The summed E-state index contributed by atoms with van der Waals surface area (Å²) in [4.78, 5) is 11.6. The van der Waals surface area contributed by atoms with Gasteiger partial charge in [-0.15, -0.1) is 11.3 Å². The molecule has 0 aliphatic carbocycles. The van der Waals surface area contributed by atoms with Crippen molar-refractivity contribution in [2.75, 3.05) is 6.61 Å². The lowest BCUT2D eigenvalue weighted by atomic mass is 10.2. The van der Waals surface area contributed by atoms with Gasteiger partial charge in [0.2, 0.25) is 0 Å². The molecule has 0 unspecified atom stereocenters. The average Bonchev–Trinajstić information content (AvgIpc) is 2.75. The molecule has 19 heavy (non-hydrogen) atoms. The van der Waals surface area contributed by atoms with E-state index in [-0.39, 0.29) is 10.8 Å². The number of benzene rings is 1. The maximum absolute atomic E-state index is 10.4. The zero-order chi connectivity index (χ0) is 14.0. The van der Waals surface area contributed by atoms with Gasteiger partial charge in [-0.1, -0.05) is 36.5 Å². The van der Waals surface area contributed by atoms with Crippen molar-refractivity contribution in [3.05, 3.63) is 27.1 Å². The third-order valence-electron chi connectivity index (χ3n) is 2.55. The van der Waals surface area contributed by atoms with E-state index in [1.54, 1.807) is 17.4 Å². The van der Waals surface area contributed by atoms with Gasteiger partial charge >= 0.3 is 0 Å². The van der Waals surface area contributed by atoms with Crippen molar-refractivity contribution in [3.63, 3.8) is 0 Å². The number of ether oxygens (including phenoxy) is 1. The van der Waals surface area contributed by atoms with Gasteiger partial charge in [0, 0.05) is 4.88 Å². The van der Waals surface area contributed by atoms with Gasteiger partial charge in [0.1, 0.15) is 17.4 Å². The number of thiophene rings is 1. The molecule has 2 aromatic rings. The molecular formula is C13H11Cl2O3S-. The highest BCUT2D eigenvalue weighted by molar-refractivity contribution is 7.19. The second-order valence-corrected chi connectivity index (χ2v) is 5.94. The number of halogens is 2. The lowest BCUT2D eigenvalue weighted by Gasteiger charge is -2.10. The summed E-state index contributed by atoms with van der Waals surface area (Å²) in [6.07, 6.45) is 2.02. The molecule has 6 heteroatoms. The van der Waals surface area contributed by atoms with Gasteiger partial charge in [-0.2, -0.15) is 0 Å². The first-order valence-electron chi connectivity index (χ1n) is 5.76. The predicted octanol–water partition coefficient (Wildman–Crippen LogP) is 3.29. The molecule has 0 bridgehead atoms. The van der Waals surface area contributed by atoms with Crippen LogP contribution in [-0.2, 0) is 11.2 Å². The maximum Gasteiger partial charge on any atom is 0.140 e. The van der Waals surface area contributed by atoms with Crippen LogP contribution in [0.4, 0.5) is 0 Å². The van der Waals surface area contributed by atoms with E-state index in [1.807, 2.05) is 6.07 Å². The predicted molar refractivity (Wildman–Crippen MR) is 76.3 cm³/mol. The molecule has 0 atom stereocenters. The number of hydrogen-bond acceptors (Lipinski definition) is 4. The molecular weight excluding hydrogens is 307 g/mol. The topological polar surface area (TPSA) is 49.4 Å². The Kier molecular flexibility index (Phi) is 4.55. The van der Waals surface area contributed by atoms with Crippen molar-refractivity contribution in [1.29, 1.82) is 0 Å². The summed E-state index contributed by atoms with van der Waals surface area (Å²) in [5.41, 5.74) is 0. The van der Waals surface area contributed by atoms with Crippen molar-refractivity contribution in [2.45, 2.75) is 19.8 Å². The quantitative estimate of drug-likeness (QED) is 0.850. The Morgan fingerprint density at radius 3 is 2.74 bits per heavy atom. The third kappa shape index (κ3) is 3.14. The molecule has 0 aliphatic rings. The SMILES string of the molecule is CCCc1cc2cc(OCC(=O)[O-])c(Cl)c(Cl)c2s1. The second kappa shape index (κ2) is 5.99. The summed E-state index contributed by atoms with van der Waals surface area (Å²) < 4.78 is 5.98. The summed E-state index contributed by atoms with van der Waals surface area (Å²) in [7, 11) is 0. The zero-order valence-electron chi connectivity index (χ0n) is 10.2. The van der Waals surface area contributed by atoms with Crippen LogP contribution >= 0.6 is 34.5 Å². The minimum Gasteiger partial charge on any atom is -0.546 e. The number of aliphatic carboxylic acids is 1. The van der Waals surface area contributed by atoms with Crippen LogP contribution in [0.15, 0.2) is 12.1 Å². The van der Waals surface area contributed by atoms with E-state index in [9.17, 15) is 9.90 Å². The molecule has 0 saturated carbocycles. The van der Waals surface area contributed by atoms with Gasteiger partial charge in [-0.05, 0) is 23.9 Å². The molecule has 2 rings (SSSR count). The number of carboxylic acid groups (broad SMARTS) is 1. The highest BCUT2D eigenvalue weighted by Crippen LogP contribution is 2.42. The summed E-state index contributed by atoms with van der Waals surface area (Å²) >= 11 is 13.9. The zero-order valence-corrected chi connectivity index (χ0v) is 12.5. The lowest BCUT2D eigenvalue weighted by molar-refractivity contribution is -0.307. The van der Waals surface area contributed by atoms with Crippen molar-refractivity contribution in [1.82, 2.24) is 0 Å². The molecule has 0 N–H and O–H groups in total. The molecule has 0 aliphatic heterocycles. The van der Waals surface area contributed by atoms with E-state index in [0.717, 1.165) is 22.9 Å². The summed E-state index contributed by atoms with van der Waals surface area (Å²) in [6.45, 7) is 1.56. The van der Waals surface area contributed by atoms with E-state index in [0.29, 0.717) is 5.02 Å². The fourth-order valence-corrected chi connectivity index (χ4v) is 3.52. The Hall–Kier alpha value is -0.970. The van der Waals surface area contributed by atoms with E-state index in [4.69, 9.17) is 27.9 Å². The monoisotopic (exact) mass is 317 g/mol. The van der Waals surface area contributed by atoms with Crippen LogP contribution in [0.25, 0.3) is 10.1 Å². The van der Waals surface area contributed by atoms with Gasteiger partial charge in [-0.25, -0.2) is 0 Å². The minimum absolute atomic E-state index is 0.236. The van der Waals surface area contributed by atoms with Crippen LogP contribution in [0, 0.1) is 0 Å². The molecule has 0 amide bonds. The van der Waals surface area contributed by atoms with Crippen LogP contribution in [0.5, 0.6) is 5.75 Å². The summed E-state index contributed by atoms with van der Waals surface area (Å²) in [5.74, 6) is -1.03. The van der Waals surface area contributed by atoms with Crippen molar-refractivity contribution in [3.8, 4) is 5.75 Å². The van der Waals surface area contributed by atoms with Gasteiger partial charge in [0.05, 0.1) is 15.7 Å². The normalized spacial score (nSPS) is 10.9. The second-order valence-electron chi connectivity index (χ2n) is 4.04. The Labute approximate surface area is 124 Å². The molecule has 0 radical (unpaired) electrons. The average molecular weight is 318 g/mol. The largest absolute Gasteiger partial charge is 0.546 e. The molecule has 1 aromatic heterocycles. The van der Waals surface area contributed by atoms with Crippen molar-refractivity contribution < 1.29 is 14.6 Å². The lowest BCUT2D eigenvalue weighted by Crippen LogP contribution is -2.29. The number of carboxylic acids is 1. The first-order valence-corrected chi connectivity index (χ1v) is 7.33. The van der Waals surface area contributed by atoms with Crippen molar-refractivity contribution >= 4 is 50.6 Å². The Morgan fingerprint density at radius 2 is 2.11 bits per heavy atom. The smallest absolute Gasteiger partial charge is 0.140 e. The van der Waals surface area contributed by atoms with Crippen LogP contribution < -0.4 is 9.84 Å². The fraction of sp³-hybridized carbons (Fsp3) is 0.308. The highest BCUT2D eigenvalue weighted by atomic mass is 35.5. The fourth-order valence-electron chi connectivity index (χ4n) is 1.76. The number of aryl methyl sites for hydroxylation is 1. The van der Waals surface area contributed by atoms with Crippen LogP contribution in [-0.4, -0.2) is 12.6 Å². The number of carbonyl (C=O) groups excluding carboxylic acids is 1. The Bertz CT molecular complexity index is 622. The summed E-state index contributed by atoms with van der Waals surface area (Å²) in [5, 5.41) is 12.0. The van der Waals surface area contributed by atoms with Gasteiger partial charge in [0.15, 0.2) is 0 Å². The molecule has 0 saturated heterocycles. The molecule has 0 spiro atoms. The van der Waals surface area contributed by atoms with Crippen LogP contribution in [0.3, 0.4) is 0 Å². The number of hydrogen-bond donors (Lipinski definition) is 0. The van der Waals surface area contributed by atoms with E-state index in [2.05, 4.69) is 6.92 Å². The van der Waals surface area contributed by atoms with E-state index in [1.165, 1.54) is 4.88 Å². The van der Waals surface area contributed by atoms with Gasteiger partial charge in [0.25, 0.3) is 0 Å². The Morgan fingerprint density at radius 1 is 1.37 bits per heavy atom. The molecule has 102 valence electrons. The van der Waals surface area contributed by atoms with Crippen LogP contribution in [0.1, 0.15) is 18.2 Å². The standard InChI is InChI=1S/C13H12Cl2O3S/c1-2-3-8-4-7-5-9(18-6-10(16)17)11(14)12(15)13(7)19-8/h4-5H,2-3,6H2,1H3,(H,16,17)/p-1.